The molecule has 1 aliphatic heterocycles. The molecule has 0 bridgehead atoms. The molecular formula is C30H50O7Si. The van der Waals surface area contributed by atoms with Crippen LogP contribution < -0.4 is 0 Å². The molecule has 0 aromatic carbocycles. The standard InChI is InChI=1S/C30H50O7Si/c1-13-15-21(32)35-22-23-26(6,7)17-16-20(36-38(11,12)25(3,4)5)28(23,9)30(34)19(31)18-27(8,14-2)37-29(30,10)24(22)33/h13-15,20,22-24,33-34H,2,16-18H2,1,3-12H3/b15-13+/t20-,22-,23-,24-,27-,28-,29+,30-/m0/s1. The number of rotatable bonds is 5. The first-order chi connectivity index (χ1) is 17.1. The molecule has 1 heterocycles. The molecule has 3 fully saturated rings. The third-order valence-electron chi connectivity index (χ3n) is 10.5. The Kier molecular flexibility index (Phi) is 7.69. The fraction of sp³-hybridized carbons (Fsp3) is 0.800. The van der Waals surface area contributed by atoms with Crippen molar-refractivity contribution in [2.24, 2.45) is 16.7 Å². The number of esters is 1. The summed E-state index contributed by atoms with van der Waals surface area (Å²) in [5.41, 5.74) is -6.75. The van der Waals surface area contributed by atoms with Gasteiger partial charge in [-0.2, -0.15) is 0 Å². The van der Waals surface area contributed by atoms with Crippen molar-refractivity contribution in [3.8, 4) is 0 Å². The van der Waals surface area contributed by atoms with Crippen LogP contribution >= 0.6 is 0 Å². The van der Waals surface area contributed by atoms with Gasteiger partial charge in [-0.15, -0.1) is 6.58 Å². The minimum Gasteiger partial charge on any atom is -0.456 e. The van der Waals surface area contributed by atoms with Gasteiger partial charge in [0.15, 0.2) is 19.7 Å². The smallest absolute Gasteiger partial charge is 0.330 e. The molecule has 0 aromatic rings. The van der Waals surface area contributed by atoms with Gasteiger partial charge in [-0.3, -0.25) is 4.79 Å². The van der Waals surface area contributed by atoms with Gasteiger partial charge in [0.25, 0.3) is 0 Å². The van der Waals surface area contributed by atoms with E-state index < -0.39 is 71.9 Å². The van der Waals surface area contributed by atoms with Crippen molar-refractivity contribution < 1.29 is 33.7 Å². The number of hydrogen-bond acceptors (Lipinski definition) is 7. The molecule has 2 aliphatic carbocycles. The van der Waals surface area contributed by atoms with Gasteiger partial charge in [-0.05, 0) is 57.2 Å². The maximum atomic E-state index is 14.2. The molecule has 0 spiro atoms. The molecule has 8 heteroatoms. The number of ketones is 1. The van der Waals surface area contributed by atoms with Gasteiger partial charge < -0.3 is 24.1 Å². The molecule has 3 rings (SSSR count). The van der Waals surface area contributed by atoms with Crippen LogP contribution in [0.1, 0.15) is 81.6 Å². The third-order valence-corrected chi connectivity index (χ3v) is 15.0. The predicted octanol–water partition coefficient (Wildman–Crippen LogP) is 5.11. The monoisotopic (exact) mass is 550 g/mol. The lowest BCUT2D eigenvalue weighted by molar-refractivity contribution is -0.369. The van der Waals surface area contributed by atoms with Crippen LogP contribution in [0.4, 0.5) is 0 Å². The summed E-state index contributed by atoms with van der Waals surface area (Å²) in [6, 6.07) is 0. The Morgan fingerprint density at radius 2 is 1.76 bits per heavy atom. The molecule has 216 valence electrons. The van der Waals surface area contributed by atoms with Crippen molar-refractivity contribution in [1.82, 2.24) is 0 Å². The zero-order valence-corrected chi connectivity index (χ0v) is 26.3. The van der Waals surface area contributed by atoms with Crippen LogP contribution in [0.25, 0.3) is 0 Å². The van der Waals surface area contributed by atoms with Crippen molar-refractivity contribution in [2.45, 2.75) is 135 Å². The molecule has 2 N–H and O–H groups in total. The summed E-state index contributed by atoms with van der Waals surface area (Å²) in [5, 5.41) is 24.7. The number of aliphatic hydroxyl groups excluding tert-OH is 1. The topological polar surface area (TPSA) is 102 Å². The number of ether oxygens (including phenoxy) is 2. The lowest BCUT2D eigenvalue weighted by Crippen LogP contribution is -2.87. The zero-order chi connectivity index (χ0) is 29.3. The Labute approximate surface area is 230 Å². The molecule has 1 saturated heterocycles. The summed E-state index contributed by atoms with van der Waals surface area (Å²) in [6.07, 6.45) is 2.62. The van der Waals surface area contributed by atoms with E-state index in [-0.39, 0.29) is 11.5 Å². The van der Waals surface area contributed by atoms with E-state index in [1.54, 1.807) is 26.8 Å². The van der Waals surface area contributed by atoms with Gasteiger partial charge in [0.2, 0.25) is 0 Å². The van der Waals surface area contributed by atoms with Crippen LogP contribution in [0, 0.1) is 16.7 Å². The first kappa shape index (κ1) is 31.2. The SMILES string of the molecule is C=C[C@@]1(C)CC(=O)[C@]2(O)[C@@]3(C)[C@@H](O[Si](C)(C)C(C)(C)C)CCC(C)(C)[C@@H]3[C@H](OC(=O)/C=C/C)[C@H](O)[C@@]2(C)O1. The highest BCUT2D eigenvalue weighted by Gasteiger charge is 2.81. The van der Waals surface area contributed by atoms with Crippen molar-refractivity contribution in [2.75, 3.05) is 0 Å². The van der Waals surface area contributed by atoms with E-state index in [4.69, 9.17) is 13.9 Å². The first-order valence-electron chi connectivity index (χ1n) is 13.9. The fourth-order valence-electron chi connectivity index (χ4n) is 7.41. The van der Waals surface area contributed by atoms with Gasteiger partial charge >= 0.3 is 5.97 Å². The number of hydrogen-bond donors (Lipinski definition) is 2. The summed E-state index contributed by atoms with van der Waals surface area (Å²) in [6.45, 7) is 25.6. The van der Waals surface area contributed by atoms with E-state index in [0.717, 1.165) is 0 Å². The maximum Gasteiger partial charge on any atom is 0.330 e. The quantitative estimate of drug-likeness (QED) is 0.212. The normalized spacial score (nSPS) is 43.3. The highest BCUT2D eigenvalue weighted by atomic mass is 28.4. The van der Waals surface area contributed by atoms with Gasteiger partial charge in [0.1, 0.15) is 17.8 Å². The maximum absolute atomic E-state index is 14.2. The summed E-state index contributed by atoms with van der Waals surface area (Å²) in [7, 11) is -2.38. The lowest BCUT2D eigenvalue weighted by atomic mass is 9.39. The highest BCUT2D eigenvalue weighted by molar-refractivity contribution is 6.74. The minimum atomic E-state index is -2.38. The van der Waals surface area contributed by atoms with Gasteiger partial charge in [0, 0.05) is 23.8 Å². The van der Waals surface area contributed by atoms with Crippen LogP contribution in [0.2, 0.25) is 18.1 Å². The Morgan fingerprint density at radius 3 is 2.26 bits per heavy atom. The van der Waals surface area contributed by atoms with Gasteiger partial charge in [0.05, 0.1) is 11.7 Å². The second-order valence-electron chi connectivity index (χ2n) is 14.5. The number of Topliss-reactive ketones (excluding diaryl/α,β-unsaturated/α-hetero) is 1. The zero-order valence-electron chi connectivity index (χ0n) is 25.3. The molecule has 0 unspecified atom stereocenters. The van der Waals surface area contributed by atoms with Crippen LogP contribution in [-0.4, -0.2) is 65.4 Å². The van der Waals surface area contributed by atoms with E-state index in [1.807, 2.05) is 6.92 Å². The molecule has 8 atom stereocenters. The number of fused-ring (bicyclic) bond motifs is 3. The average molecular weight is 551 g/mol. The Hall–Kier alpha value is -1.32. The van der Waals surface area contributed by atoms with Crippen LogP contribution in [0.5, 0.6) is 0 Å². The Morgan fingerprint density at radius 1 is 1.18 bits per heavy atom. The third kappa shape index (κ3) is 4.30. The van der Waals surface area contributed by atoms with E-state index in [0.29, 0.717) is 12.8 Å². The molecular weight excluding hydrogens is 500 g/mol. The van der Waals surface area contributed by atoms with Crippen molar-refractivity contribution in [3.63, 3.8) is 0 Å². The van der Waals surface area contributed by atoms with Gasteiger partial charge in [-0.1, -0.05) is 53.7 Å². The van der Waals surface area contributed by atoms with Gasteiger partial charge in [-0.25, -0.2) is 4.79 Å². The number of aliphatic hydroxyl groups is 2. The number of allylic oxidation sites excluding steroid dienone is 1. The predicted molar refractivity (Wildman–Crippen MR) is 150 cm³/mol. The molecule has 3 aliphatic rings. The summed E-state index contributed by atoms with van der Waals surface area (Å²) >= 11 is 0. The largest absolute Gasteiger partial charge is 0.456 e. The number of carbonyl (C=O) groups is 2. The minimum absolute atomic E-state index is 0.0894. The summed E-state index contributed by atoms with van der Waals surface area (Å²) in [5.74, 6) is -1.61. The summed E-state index contributed by atoms with van der Waals surface area (Å²) in [4.78, 5) is 27.1. The van der Waals surface area contributed by atoms with Crippen molar-refractivity contribution in [3.05, 3.63) is 24.8 Å². The second kappa shape index (κ2) is 9.37. The molecule has 0 amide bonds. The van der Waals surface area contributed by atoms with Crippen LogP contribution in [0.3, 0.4) is 0 Å². The Bertz CT molecular complexity index is 1010. The summed E-state index contributed by atoms with van der Waals surface area (Å²) < 4.78 is 19.6. The fourth-order valence-corrected chi connectivity index (χ4v) is 8.83. The highest BCUT2D eigenvalue weighted by Crippen LogP contribution is 2.68. The van der Waals surface area contributed by atoms with E-state index in [9.17, 15) is 19.8 Å². The molecule has 2 saturated carbocycles. The van der Waals surface area contributed by atoms with Crippen molar-refractivity contribution in [1.29, 1.82) is 0 Å². The molecule has 38 heavy (non-hydrogen) atoms. The van der Waals surface area contributed by atoms with Crippen molar-refractivity contribution >= 4 is 20.1 Å². The molecule has 0 aromatic heterocycles. The molecule has 7 nitrogen and oxygen atoms in total. The van der Waals surface area contributed by atoms with E-state index >= 15 is 0 Å². The first-order valence-corrected chi connectivity index (χ1v) is 16.8. The lowest BCUT2D eigenvalue weighted by Gasteiger charge is -2.72. The number of carbonyl (C=O) groups excluding carboxylic acids is 2. The van der Waals surface area contributed by atoms with Crippen LogP contribution in [-0.2, 0) is 23.5 Å². The van der Waals surface area contributed by atoms with Crippen LogP contribution in [0.15, 0.2) is 24.8 Å². The Balaban J connectivity index is 2.35. The average Bonchev–Trinajstić information content (AvgIpc) is 2.76. The second-order valence-corrected chi connectivity index (χ2v) is 19.3. The molecule has 0 radical (unpaired) electrons. The van der Waals surface area contributed by atoms with E-state index in [1.165, 1.54) is 12.2 Å². The van der Waals surface area contributed by atoms with E-state index in [2.05, 4.69) is 54.3 Å².